The molecule has 0 radical (unpaired) electrons. The van der Waals surface area contributed by atoms with Crippen LogP contribution in [0.1, 0.15) is 78.4 Å². The zero-order valence-corrected chi connectivity index (χ0v) is 30.9. The van der Waals surface area contributed by atoms with Crippen LogP contribution in [0.3, 0.4) is 0 Å². The topological polar surface area (TPSA) is 129 Å². The molecule has 52 heavy (non-hydrogen) atoms. The maximum absolute atomic E-state index is 15.9. The van der Waals surface area contributed by atoms with Gasteiger partial charge in [-0.15, -0.1) is 0 Å². The highest BCUT2D eigenvalue weighted by Crippen LogP contribution is 2.83. The first-order valence-electron chi connectivity index (χ1n) is 19.0. The number of fused-ring (bicyclic) bond motifs is 3. The summed E-state index contributed by atoms with van der Waals surface area (Å²) in [6.45, 7) is 11.9. The number of nitrogens with zero attached hydrogens (tertiary/aromatic N) is 2. The summed E-state index contributed by atoms with van der Waals surface area (Å²) in [5, 5.41) is 22.6. The Kier molecular flexibility index (Phi) is 8.40. The molecule has 2 saturated heterocycles. The molecule has 1 N–H and O–H groups in total. The van der Waals surface area contributed by atoms with Crippen molar-refractivity contribution in [3.05, 3.63) is 88.4 Å². The van der Waals surface area contributed by atoms with Gasteiger partial charge in [0.1, 0.15) is 30.0 Å². The van der Waals surface area contributed by atoms with Crippen molar-refractivity contribution in [3.8, 4) is 0 Å². The SMILES string of the molecule is CC(C)C1=CC2CC3(C=O)[C@@H]4CC[C@@H](C)[C@H]4CC2(CO[C@@H]2O[C@H](C)[C@H]4OC(C)(C)O[C@H]4[C@@H]2O)C13C(=O)OC([N+]#N)(c1ccccc1)c1ccccc1. The molecule has 4 bridgehead atoms. The third-order valence-corrected chi connectivity index (χ3v) is 13.9. The van der Waals surface area contributed by atoms with E-state index in [0.717, 1.165) is 24.7 Å². The van der Waals surface area contributed by atoms with Crippen molar-refractivity contribution in [2.24, 2.45) is 45.8 Å². The Labute approximate surface area is 305 Å². The molecule has 0 amide bonds. The molecule has 2 heterocycles. The molecule has 2 aliphatic heterocycles. The van der Waals surface area contributed by atoms with Gasteiger partial charge in [-0.2, -0.15) is 0 Å². The fourth-order valence-electron chi connectivity index (χ4n) is 11.9. The van der Waals surface area contributed by atoms with E-state index < -0.39 is 64.4 Å². The van der Waals surface area contributed by atoms with Crippen LogP contribution in [-0.4, -0.2) is 60.5 Å². The van der Waals surface area contributed by atoms with Crippen molar-refractivity contribution >= 4 is 12.3 Å². The number of aldehydes is 1. The molecule has 276 valence electrons. The number of hydrogen-bond acceptors (Lipinski definition) is 9. The summed E-state index contributed by atoms with van der Waals surface area (Å²) in [5.74, 6) is -1.28. The molecule has 4 unspecified atom stereocenters. The van der Waals surface area contributed by atoms with E-state index in [1.165, 1.54) is 0 Å². The maximum atomic E-state index is 15.9. The van der Waals surface area contributed by atoms with Crippen molar-refractivity contribution in [1.29, 1.82) is 5.39 Å². The van der Waals surface area contributed by atoms with E-state index in [0.29, 0.717) is 29.9 Å². The van der Waals surface area contributed by atoms with Gasteiger partial charge in [0.2, 0.25) is 5.39 Å². The predicted molar refractivity (Wildman–Crippen MR) is 189 cm³/mol. The van der Waals surface area contributed by atoms with Crippen molar-refractivity contribution in [2.75, 3.05) is 6.61 Å². The first-order chi connectivity index (χ1) is 24.8. The van der Waals surface area contributed by atoms with E-state index in [1.54, 1.807) is 24.3 Å². The summed E-state index contributed by atoms with van der Waals surface area (Å²) < 4.78 is 32.1. The Morgan fingerprint density at radius 3 is 2.25 bits per heavy atom. The molecule has 10 nitrogen and oxygen atoms in total. The monoisotopic (exact) mass is 711 g/mol. The zero-order valence-electron chi connectivity index (χ0n) is 30.9. The lowest BCUT2D eigenvalue weighted by Crippen LogP contribution is -2.65. The molecule has 2 aromatic carbocycles. The standard InChI is InChI=1S/C42H51N2O8/c1-24(2)32-19-29-20-39(22-45)31-18-17-25(3)30(31)21-40(29,23-48-36-33(46)35-34(26(4)49-36)50-38(5,6)51-35)41(32,39)37(47)52-42(44-43,27-13-9-7-10-14-27)28-15-11-8-12-16-28/h7-16,19,22,24-26,29-31,33-36,46H,17-18,20-21,23H2,1-6H3/q+1/t25-,26-,29?,30-,31-,33+,34-,35+,36-,39?,40?,41?/m1/s1. The molecule has 5 fully saturated rings. The van der Waals surface area contributed by atoms with Crippen molar-refractivity contribution < 1.29 is 38.4 Å². The van der Waals surface area contributed by atoms with Crippen LogP contribution in [0.2, 0.25) is 0 Å². The zero-order chi connectivity index (χ0) is 36.8. The molecule has 6 aliphatic rings. The minimum atomic E-state index is -1.90. The van der Waals surface area contributed by atoms with Gasteiger partial charge in [-0.1, -0.05) is 75.2 Å². The average molecular weight is 712 g/mol. The third kappa shape index (κ3) is 4.62. The van der Waals surface area contributed by atoms with E-state index in [9.17, 15) is 15.3 Å². The van der Waals surface area contributed by atoms with Gasteiger partial charge in [-0.3, -0.25) is 4.79 Å². The molecule has 2 aromatic rings. The molecule has 3 saturated carbocycles. The smallest absolute Gasteiger partial charge is 0.385 e. The third-order valence-electron chi connectivity index (χ3n) is 13.9. The lowest BCUT2D eigenvalue weighted by Gasteiger charge is -2.59. The van der Waals surface area contributed by atoms with Gasteiger partial charge in [-0.05, 0) is 93.9 Å². The van der Waals surface area contributed by atoms with Gasteiger partial charge in [0, 0.05) is 5.41 Å². The lowest BCUT2D eigenvalue weighted by atomic mass is 9.43. The van der Waals surface area contributed by atoms with E-state index >= 15 is 4.79 Å². The molecule has 0 spiro atoms. The Morgan fingerprint density at radius 1 is 1.02 bits per heavy atom. The number of rotatable bonds is 9. The van der Waals surface area contributed by atoms with E-state index in [4.69, 9.17) is 23.7 Å². The number of hydrogen-bond donors (Lipinski definition) is 1. The van der Waals surface area contributed by atoms with Gasteiger partial charge >= 0.3 is 11.7 Å². The summed E-state index contributed by atoms with van der Waals surface area (Å²) in [6, 6.07) is 18.1. The van der Waals surface area contributed by atoms with Gasteiger partial charge < -0.3 is 33.6 Å². The van der Waals surface area contributed by atoms with Crippen molar-refractivity contribution in [2.45, 2.75) is 109 Å². The summed E-state index contributed by atoms with van der Waals surface area (Å²) in [6.07, 6.45) is 2.44. The molecule has 4 aliphatic carbocycles. The van der Waals surface area contributed by atoms with Crippen LogP contribution in [0, 0.1) is 51.2 Å². The van der Waals surface area contributed by atoms with Crippen LogP contribution >= 0.6 is 0 Å². The molecule has 8 rings (SSSR count). The second-order valence-corrected chi connectivity index (χ2v) is 17.1. The highest BCUT2D eigenvalue weighted by atomic mass is 16.8. The number of diazo groups is 1. The quantitative estimate of drug-likeness (QED) is 0.130. The number of carbonyl (C=O) groups excluding carboxylic acids is 2. The number of aliphatic hydroxyl groups is 1. The normalized spacial score (nSPS) is 41.2. The van der Waals surface area contributed by atoms with Crippen LogP contribution in [0.15, 0.2) is 72.3 Å². The van der Waals surface area contributed by atoms with Crippen LogP contribution in [0.25, 0.3) is 4.98 Å². The summed E-state index contributed by atoms with van der Waals surface area (Å²) in [5.41, 5.74) is -3.51. The number of aliphatic hydroxyl groups excluding tert-OH is 1. The van der Waals surface area contributed by atoms with Crippen molar-refractivity contribution in [3.63, 3.8) is 0 Å². The largest absolute Gasteiger partial charge is 0.519 e. The Bertz CT molecular complexity index is 1750. The molecule has 10 heteroatoms. The molecular weight excluding hydrogens is 660 g/mol. The molecule has 0 aromatic heterocycles. The number of carbonyl (C=O) groups is 2. The number of benzene rings is 2. The first kappa shape index (κ1) is 35.6. The number of ether oxygens (including phenoxy) is 5. The molecule has 12 atom stereocenters. The Hall–Kier alpha value is -3.46. The second kappa shape index (κ2) is 12.3. The second-order valence-electron chi connectivity index (χ2n) is 17.1. The van der Waals surface area contributed by atoms with Gasteiger partial charge in [0.05, 0.1) is 29.3 Å². The predicted octanol–water partition coefficient (Wildman–Crippen LogP) is 6.77. The van der Waals surface area contributed by atoms with Crippen LogP contribution in [-0.2, 0) is 39.0 Å². The van der Waals surface area contributed by atoms with Gasteiger partial charge in [0.25, 0.3) is 0 Å². The van der Waals surface area contributed by atoms with Gasteiger partial charge in [-0.25, -0.2) is 0 Å². The summed E-state index contributed by atoms with van der Waals surface area (Å²) in [7, 11) is 0. The minimum absolute atomic E-state index is 0.0365. The molecular formula is C42H51N2O8+. The summed E-state index contributed by atoms with van der Waals surface area (Å²) >= 11 is 0. The number of esters is 1. The highest BCUT2D eigenvalue weighted by molar-refractivity contribution is 5.92. The maximum Gasteiger partial charge on any atom is 0.519 e. The lowest BCUT2D eigenvalue weighted by molar-refractivity contribution is -0.288. The van der Waals surface area contributed by atoms with Crippen molar-refractivity contribution in [1.82, 2.24) is 0 Å². The van der Waals surface area contributed by atoms with Crippen LogP contribution < -0.4 is 0 Å². The first-order valence-corrected chi connectivity index (χ1v) is 19.0. The Balaban J connectivity index is 1.27. The fraction of sp³-hybridized carbons (Fsp3) is 0.619. The van der Waals surface area contributed by atoms with E-state index in [1.807, 2.05) is 57.2 Å². The minimum Gasteiger partial charge on any atom is -0.385 e. The fourth-order valence-corrected chi connectivity index (χ4v) is 11.9. The number of allylic oxidation sites excluding steroid dienone is 1. The van der Waals surface area contributed by atoms with Gasteiger partial charge in [0.15, 0.2) is 17.1 Å². The highest BCUT2D eigenvalue weighted by Gasteiger charge is 2.85. The Morgan fingerprint density at radius 2 is 1.65 bits per heavy atom. The van der Waals surface area contributed by atoms with Crippen LogP contribution in [0.4, 0.5) is 0 Å². The van der Waals surface area contributed by atoms with E-state index in [-0.39, 0.29) is 30.3 Å². The van der Waals surface area contributed by atoms with Crippen LogP contribution in [0.5, 0.6) is 0 Å². The summed E-state index contributed by atoms with van der Waals surface area (Å²) in [4.78, 5) is 33.9. The van der Waals surface area contributed by atoms with E-state index in [2.05, 4.69) is 31.8 Å². The average Bonchev–Trinajstić information content (AvgIpc) is 3.82.